The van der Waals surface area contributed by atoms with Crippen LogP contribution in [0.5, 0.6) is 0 Å². The summed E-state index contributed by atoms with van der Waals surface area (Å²) >= 11 is 0. The Morgan fingerprint density at radius 3 is 2.88 bits per heavy atom. The first-order valence-corrected chi connectivity index (χ1v) is 9.53. The molecule has 2 atom stereocenters. The molecule has 1 fully saturated rings. The van der Waals surface area contributed by atoms with Gasteiger partial charge in [0.25, 0.3) is 0 Å². The minimum atomic E-state index is -3.84. The molecule has 1 aromatic rings. The number of rotatable bonds is 9. The average molecular weight is 372 g/mol. The van der Waals surface area contributed by atoms with Crippen molar-refractivity contribution in [3.05, 3.63) is 30.1 Å². The molecule has 0 bridgehead atoms. The Balaban J connectivity index is 2.22. The van der Waals surface area contributed by atoms with Crippen molar-refractivity contribution in [1.82, 2.24) is 20.1 Å². The van der Waals surface area contributed by atoms with Crippen LogP contribution >= 0.6 is 0 Å². The summed E-state index contributed by atoms with van der Waals surface area (Å²) in [4.78, 5) is 16.3. The highest BCUT2D eigenvalue weighted by atomic mass is 32.2. The lowest BCUT2D eigenvalue weighted by Gasteiger charge is -2.27. The number of aromatic nitrogens is 1. The Morgan fingerprint density at radius 1 is 1.44 bits per heavy atom. The molecule has 0 amide bonds. The molecule has 0 saturated carbocycles. The number of nitrogens with one attached hydrogen (secondary N) is 2. The number of esters is 1. The zero-order valence-electron chi connectivity index (χ0n) is 14.3. The van der Waals surface area contributed by atoms with Crippen molar-refractivity contribution >= 4 is 16.0 Å². The van der Waals surface area contributed by atoms with Gasteiger partial charge in [0.05, 0.1) is 25.5 Å². The maximum atomic E-state index is 13.1. The molecule has 2 heterocycles. The summed E-state index contributed by atoms with van der Waals surface area (Å²) in [5.74, 6) is -1.36. The Morgan fingerprint density at radius 2 is 2.24 bits per heavy atom. The molecule has 1 aromatic heterocycles. The minimum absolute atomic E-state index is 0.0975. The highest BCUT2D eigenvalue weighted by molar-refractivity contribution is 7.89. The summed E-state index contributed by atoms with van der Waals surface area (Å²) in [7, 11) is -2.34. The Bertz CT molecular complexity index is 655. The second kappa shape index (κ2) is 9.20. The van der Waals surface area contributed by atoms with Crippen molar-refractivity contribution in [2.45, 2.75) is 18.8 Å². The Labute approximate surface area is 147 Å². The molecule has 2 N–H and O–H groups in total. The van der Waals surface area contributed by atoms with Crippen LogP contribution in [0.15, 0.2) is 24.4 Å². The van der Waals surface area contributed by atoms with E-state index in [2.05, 4.69) is 15.8 Å². The lowest BCUT2D eigenvalue weighted by molar-refractivity contribution is -0.147. The molecule has 0 aromatic carbocycles. The fraction of sp³-hybridized carbons (Fsp3) is 0.600. The van der Waals surface area contributed by atoms with E-state index in [1.54, 1.807) is 31.3 Å². The highest BCUT2D eigenvalue weighted by Gasteiger charge is 2.45. The van der Waals surface area contributed by atoms with Crippen molar-refractivity contribution in [3.63, 3.8) is 0 Å². The standard InChI is InChI=1S/C15H24N4O5S/c1-3-24-15(20)13-10-17-18-14(13)25(21,22)19(8-9-23-2)11-12-6-4-5-7-16-12/h4-7,13-14,17-18H,3,8-11H2,1-2H3. The van der Waals surface area contributed by atoms with Gasteiger partial charge in [-0.05, 0) is 19.1 Å². The Hall–Kier alpha value is -1.59. The van der Waals surface area contributed by atoms with Crippen LogP contribution in [-0.2, 0) is 30.8 Å². The Kier molecular flexibility index (Phi) is 7.26. The van der Waals surface area contributed by atoms with Gasteiger partial charge in [0.15, 0.2) is 5.37 Å². The molecule has 0 radical (unpaired) electrons. The summed E-state index contributed by atoms with van der Waals surface area (Å²) in [6, 6.07) is 5.30. The monoisotopic (exact) mass is 372 g/mol. The van der Waals surface area contributed by atoms with Gasteiger partial charge in [-0.1, -0.05) is 6.07 Å². The number of hydrogen-bond acceptors (Lipinski definition) is 8. The van der Waals surface area contributed by atoms with Crippen molar-refractivity contribution in [2.24, 2.45) is 5.92 Å². The number of hydrogen-bond donors (Lipinski definition) is 2. The van der Waals surface area contributed by atoms with Gasteiger partial charge in [-0.3, -0.25) is 15.2 Å². The smallest absolute Gasteiger partial charge is 0.313 e. The second-order valence-corrected chi connectivity index (χ2v) is 7.55. The first-order valence-electron chi connectivity index (χ1n) is 8.03. The summed E-state index contributed by atoms with van der Waals surface area (Å²) < 4.78 is 37.5. The quantitative estimate of drug-likeness (QED) is 0.557. The predicted octanol–water partition coefficient (Wildman–Crippen LogP) is -0.527. The maximum absolute atomic E-state index is 13.1. The maximum Gasteiger partial charge on any atom is 0.313 e. The molecule has 1 saturated heterocycles. The van der Waals surface area contributed by atoms with E-state index in [1.807, 2.05) is 0 Å². The van der Waals surface area contributed by atoms with E-state index in [9.17, 15) is 13.2 Å². The SMILES string of the molecule is CCOC(=O)C1CNNC1S(=O)(=O)N(CCOC)Cc1ccccn1. The molecule has 9 nitrogen and oxygen atoms in total. The largest absolute Gasteiger partial charge is 0.466 e. The van der Waals surface area contributed by atoms with Gasteiger partial charge >= 0.3 is 5.97 Å². The van der Waals surface area contributed by atoms with E-state index in [-0.39, 0.29) is 32.8 Å². The number of hydrazine groups is 1. The molecule has 2 unspecified atom stereocenters. The highest BCUT2D eigenvalue weighted by Crippen LogP contribution is 2.21. The van der Waals surface area contributed by atoms with E-state index >= 15 is 0 Å². The van der Waals surface area contributed by atoms with Crippen molar-refractivity contribution in [3.8, 4) is 0 Å². The van der Waals surface area contributed by atoms with Crippen molar-refractivity contribution < 1.29 is 22.7 Å². The van der Waals surface area contributed by atoms with Crippen LogP contribution in [0, 0.1) is 5.92 Å². The van der Waals surface area contributed by atoms with Gasteiger partial charge in [-0.25, -0.2) is 13.8 Å². The molecule has 1 aliphatic rings. The molecule has 1 aliphatic heterocycles. The van der Waals surface area contributed by atoms with Crippen LogP contribution in [-0.4, -0.2) is 62.5 Å². The van der Waals surface area contributed by atoms with Gasteiger partial charge in [0, 0.05) is 26.4 Å². The number of carbonyl (C=O) groups is 1. The van der Waals surface area contributed by atoms with Crippen LogP contribution < -0.4 is 10.9 Å². The molecule has 10 heteroatoms. The van der Waals surface area contributed by atoms with E-state index in [1.165, 1.54) is 11.4 Å². The summed E-state index contributed by atoms with van der Waals surface area (Å²) in [5.41, 5.74) is 6.04. The zero-order chi connectivity index (χ0) is 18.3. The summed E-state index contributed by atoms with van der Waals surface area (Å²) in [6.07, 6.45) is 1.60. The average Bonchev–Trinajstić information content (AvgIpc) is 3.10. The summed E-state index contributed by atoms with van der Waals surface area (Å²) in [6.45, 7) is 2.55. The van der Waals surface area contributed by atoms with Crippen LogP contribution in [0.3, 0.4) is 0 Å². The number of nitrogens with zero attached hydrogens (tertiary/aromatic N) is 2. The van der Waals surface area contributed by atoms with Crippen LogP contribution in [0.25, 0.3) is 0 Å². The molecule has 0 spiro atoms. The first kappa shape index (κ1) is 19.7. The molecule has 140 valence electrons. The van der Waals surface area contributed by atoms with Gasteiger partial charge < -0.3 is 9.47 Å². The van der Waals surface area contributed by atoms with Crippen molar-refractivity contribution in [2.75, 3.05) is 33.4 Å². The van der Waals surface area contributed by atoms with Gasteiger partial charge in [-0.2, -0.15) is 4.31 Å². The molecule has 0 aliphatic carbocycles. The van der Waals surface area contributed by atoms with Crippen molar-refractivity contribution in [1.29, 1.82) is 0 Å². The fourth-order valence-corrected chi connectivity index (χ4v) is 4.35. The normalized spacial score (nSPS) is 20.8. The van der Waals surface area contributed by atoms with E-state index in [4.69, 9.17) is 9.47 Å². The fourth-order valence-electron chi connectivity index (χ4n) is 2.54. The predicted molar refractivity (Wildman–Crippen MR) is 90.5 cm³/mol. The molecular formula is C15H24N4O5S. The number of pyridine rings is 1. The van der Waals surface area contributed by atoms with Crippen LogP contribution in [0.1, 0.15) is 12.6 Å². The molecule has 25 heavy (non-hydrogen) atoms. The zero-order valence-corrected chi connectivity index (χ0v) is 15.2. The first-order chi connectivity index (χ1) is 12.0. The third kappa shape index (κ3) is 4.95. The number of methoxy groups -OCH3 is 1. The second-order valence-electron chi connectivity index (χ2n) is 5.50. The van der Waals surface area contributed by atoms with Gasteiger partial charge in [-0.15, -0.1) is 0 Å². The lowest BCUT2D eigenvalue weighted by Crippen LogP contribution is -2.49. The molecule has 2 rings (SSSR count). The topological polar surface area (TPSA) is 110 Å². The van der Waals surface area contributed by atoms with Gasteiger partial charge in [0.2, 0.25) is 10.0 Å². The van der Waals surface area contributed by atoms with E-state index < -0.39 is 27.3 Å². The minimum Gasteiger partial charge on any atom is -0.466 e. The summed E-state index contributed by atoms with van der Waals surface area (Å²) in [5, 5.41) is -1.10. The third-order valence-electron chi connectivity index (χ3n) is 3.81. The number of sulfonamides is 1. The molecular weight excluding hydrogens is 348 g/mol. The third-order valence-corrected chi connectivity index (χ3v) is 5.93. The van der Waals surface area contributed by atoms with E-state index in [0.717, 1.165) is 0 Å². The number of ether oxygens (including phenoxy) is 2. The van der Waals surface area contributed by atoms with E-state index in [0.29, 0.717) is 5.69 Å². The van der Waals surface area contributed by atoms with Gasteiger partial charge in [0.1, 0.15) is 5.92 Å². The van der Waals surface area contributed by atoms with Crippen LogP contribution in [0.4, 0.5) is 0 Å². The number of carbonyl (C=O) groups excluding carboxylic acids is 1. The van der Waals surface area contributed by atoms with Crippen LogP contribution in [0.2, 0.25) is 0 Å². The lowest BCUT2D eigenvalue weighted by atomic mass is 10.2.